The van der Waals surface area contributed by atoms with E-state index in [-0.39, 0.29) is 0 Å². The molecule has 15 heavy (non-hydrogen) atoms. The summed E-state index contributed by atoms with van der Waals surface area (Å²) >= 11 is 0. The van der Waals surface area contributed by atoms with Gasteiger partial charge < -0.3 is 0 Å². The molecule has 0 aromatic carbocycles. The van der Waals surface area contributed by atoms with E-state index in [1.54, 1.807) is 5.57 Å². The minimum atomic E-state index is 0.435. The highest BCUT2D eigenvalue weighted by atomic mass is 14.4. The monoisotopic (exact) mass is 204 g/mol. The summed E-state index contributed by atoms with van der Waals surface area (Å²) in [6.45, 7) is 9.55. The van der Waals surface area contributed by atoms with Gasteiger partial charge in [-0.15, -0.1) is 0 Å². The Bertz CT molecular complexity index is 304. The highest BCUT2D eigenvalue weighted by molar-refractivity contribution is 5.32. The highest BCUT2D eigenvalue weighted by Crippen LogP contribution is 2.47. The number of allylic oxidation sites excluding steroid dienone is 4. The quantitative estimate of drug-likeness (QED) is 0.535. The molecule has 2 aliphatic carbocycles. The van der Waals surface area contributed by atoms with Crippen molar-refractivity contribution in [3.05, 3.63) is 23.3 Å². The van der Waals surface area contributed by atoms with Gasteiger partial charge >= 0.3 is 0 Å². The first-order valence-corrected chi connectivity index (χ1v) is 6.39. The molecule has 0 saturated heterocycles. The lowest BCUT2D eigenvalue weighted by molar-refractivity contribution is 0.350. The predicted octanol–water partition coefficient (Wildman–Crippen LogP) is 4.73. The van der Waals surface area contributed by atoms with Crippen LogP contribution in [0.1, 0.15) is 53.4 Å². The van der Waals surface area contributed by atoms with Crippen molar-refractivity contribution in [2.75, 3.05) is 0 Å². The van der Waals surface area contributed by atoms with Crippen molar-refractivity contribution in [2.24, 2.45) is 17.3 Å². The Morgan fingerprint density at radius 3 is 2.80 bits per heavy atom. The summed E-state index contributed by atoms with van der Waals surface area (Å²) in [5.41, 5.74) is 3.64. The summed E-state index contributed by atoms with van der Waals surface area (Å²) in [5.74, 6) is 1.70. The molecule has 0 radical (unpaired) electrons. The molecule has 0 spiro atoms. The van der Waals surface area contributed by atoms with Crippen LogP contribution in [-0.4, -0.2) is 0 Å². The molecule has 1 saturated carbocycles. The molecule has 2 rings (SSSR count). The van der Waals surface area contributed by atoms with Gasteiger partial charge in [-0.05, 0) is 37.0 Å². The topological polar surface area (TPSA) is 0 Å². The highest BCUT2D eigenvalue weighted by Gasteiger charge is 2.35. The minimum Gasteiger partial charge on any atom is -0.0810 e. The van der Waals surface area contributed by atoms with Crippen LogP contribution in [0, 0.1) is 17.3 Å². The molecule has 0 aromatic heterocycles. The van der Waals surface area contributed by atoms with Gasteiger partial charge in [-0.3, -0.25) is 0 Å². The fourth-order valence-corrected chi connectivity index (χ4v) is 3.30. The van der Waals surface area contributed by atoms with Crippen molar-refractivity contribution in [1.29, 1.82) is 0 Å². The van der Waals surface area contributed by atoms with E-state index >= 15 is 0 Å². The second kappa shape index (κ2) is 3.81. The van der Waals surface area contributed by atoms with Gasteiger partial charge in [0.15, 0.2) is 0 Å². The van der Waals surface area contributed by atoms with Crippen LogP contribution in [0.25, 0.3) is 0 Å². The maximum atomic E-state index is 2.47. The lowest BCUT2D eigenvalue weighted by Crippen LogP contribution is -2.23. The summed E-state index contributed by atoms with van der Waals surface area (Å²) in [4.78, 5) is 0. The summed E-state index contributed by atoms with van der Waals surface area (Å²) < 4.78 is 0. The Labute approximate surface area is 94.5 Å². The first kappa shape index (κ1) is 11.0. The van der Waals surface area contributed by atoms with Crippen LogP contribution in [0.5, 0.6) is 0 Å². The molecule has 84 valence electrons. The third-order valence-corrected chi connectivity index (χ3v) is 4.41. The number of fused-ring (bicyclic) bond motifs is 1. The van der Waals surface area contributed by atoms with Crippen LogP contribution in [0.15, 0.2) is 23.3 Å². The Balaban J connectivity index is 2.37. The van der Waals surface area contributed by atoms with E-state index in [0.29, 0.717) is 5.41 Å². The molecule has 0 aromatic rings. The van der Waals surface area contributed by atoms with Crippen molar-refractivity contribution >= 4 is 0 Å². The van der Waals surface area contributed by atoms with Crippen LogP contribution in [-0.2, 0) is 0 Å². The van der Waals surface area contributed by atoms with E-state index in [9.17, 15) is 0 Å². The molecule has 0 bridgehead atoms. The van der Waals surface area contributed by atoms with E-state index in [1.807, 2.05) is 0 Å². The zero-order valence-corrected chi connectivity index (χ0v) is 10.6. The normalized spacial score (nSPS) is 34.9. The zero-order valence-electron chi connectivity index (χ0n) is 10.6. The van der Waals surface area contributed by atoms with Gasteiger partial charge in [0, 0.05) is 0 Å². The van der Waals surface area contributed by atoms with Crippen molar-refractivity contribution in [2.45, 2.75) is 53.4 Å². The summed E-state index contributed by atoms with van der Waals surface area (Å²) in [6, 6.07) is 0. The standard InChI is InChI=1S/C15H24/c1-11-7-8-13-12(2)6-5-9-15(3,4)14(13)10-11/h7,10,12-13H,5-6,8-9H2,1-4H3/t12-,13?/m0/s1. The molecule has 0 aliphatic heterocycles. The summed E-state index contributed by atoms with van der Waals surface area (Å²) in [6.07, 6.45) is 10.4. The fraction of sp³-hybridized carbons (Fsp3) is 0.733. The molecule has 0 heteroatoms. The third-order valence-electron chi connectivity index (χ3n) is 4.41. The van der Waals surface area contributed by atoms with E-state index in [1.165, 1.54) is 31.3 Å². The van der Waals surface area contributed by atoms with Crippen LogP contribution < -0.4 is 0 Å². The van der Waals surface area contributed by atoms with Gasteiger partial charge in [-0.2, -0.15) is 0 Å². The van der Waals surface area contributed by atoms with Gasteiger partial charge in [-0.25, -0.2) is 0 Å². The molecule has 0 nitrogen and oxygen atoms in total. The fourth-order valence-electron chi connectivity index (χ4n) is 3.30. The van der Waals surface area contributed by atoms with Gasteiger partial charge in [0.05, 0.1) is 0 Å². The smallest absolute Gasteiger partial charge is 0.0134 e. The third kappa shape index (κ3) is 2.04. The zero-order chi connectivity index (χ0) is 11.1. The van der Waals surface area contributed by atoms with Crippen molar-refractivity contribution in [3.8, 4) is 0 Å². The second-order valence-electron chi connectivity index (χ2n) is 6.14. The van der Waals surface area contributed by atoms with Gasteiger partial charge in [0.1, 0.15) is 0 Å². The Hall–Kier alpha value is -0.520. The molecule has 2 aliphatic rings. The molecule has 0 amide bonds. The largest absolute Gasteiger partial charge is 0.0810 e. The van der Waals surface area contributed by atoms with Crippen molar-refractivity contribution < 1.29 is 0 Å². The SMILES string of the molecule is CC1=CCC2C(=C1)C(C)(C)CCC[C@@H]2C. The lowest BCUT2D eigenvalue weighted by Gasteiger charge is -2.35. The molecular formula is C15H24. The number of hydrogen-bond acceptors (Lipinski definition) is 0. The Morgan fingerprint density at radius 2 is 2.07 bits per heavy atom. The van der Waals surface area contributed by atoms with E-state index < -0.39 is 0 Å². The van der Waals surface area contributed by atoms with Crippen LogP contribution in [0.3, 0.4) is 0 Å². The average molecular weight is 204 g/mol. The number of rotatable bonds is 0. The van der Waals surface area contributed by atoms with Gasteiger partial charge in [-0.1, -0.05) is 56.9 Å². The molecule has 2 atom stereocenters. The molecule has 0 N–H and O–H groups in total. The number of hydrogen-bond donors (Lipinski definition) is 0. The van der Waals surface area contributed by atoms with Crippen molar-refractivity contribution in [3.63, 3.8) is 0 Å². The minimum absolute atomic E-state index is 0.435. The van der Waals surface area contributed by atoms with Crippen LogP contribution in [0.2, 0.25) is 0 Å². The first-order chi connectivity index (χ1) is 7.00. The maximum absolute atomic E-state index is 2.47. The first-order valence-electron chi connectivity index (χ1n) is 6.39. The van der Waals surface area contributed by atoms with Gasteiger partial charge in [0.2, 0.25) is 0 Å². The molecule has 1 fully saturated rings. The van der Waals surface area contributed by atoms with E-state index in [0.717, 1.165) is 11.8 Å². The summed E-state index contributed by atoms with van der Waals surface area (Å²) in [7, 11) is 0. The average Bonchev–Trinajstić information content (AvgIpc) is 2.26. The van der Waals surface area contributed by atoms with Gasteiger partial charge in [0.25, 0.3) is 0 Å². The van der Waals surface area contributed by atoms with E-state index in [2.05, 4.69) is 39.8 Å². The predicted molar refractivity (Wildman–Crippen MR) is 66.7 cm³/mol. The molecular weight excluding hydrogens is 180 g/mol. The molecule has 1 unspecified atom stereocenters. The second-order valence-corrected chi connectivity index (χ2v) is 6.14. The van der Waals surface area contributed by atoms with E-state index in [4.69, 9.17) is 0 Å². The maximum Gasteiger partial charge on any atom is -0.0134 e. The molecule has 0 heterocycles. The summed E-state index contributed by atoms with van der Waals surface area (Å²) in [5, 5.41) is 0. The van der Waals surface area contributed by atoms with Crippen LogP contribution >= 0.6 is 0 Å². The lowest BCUT2D eigenvalue weighted by atomic mass is 9.70. The Kier molecular flexibility index (Phi) is 2.79. The van der Waals surface area contributed by atoms with Crippen molar-refractivity contribution in [1.82, 2.24) is 0 Å². The Morgan fingerprint density at radius 1 is 1.33 bits per heavy atom. The van der Waals surface area contributed by atoms with Crippen LogP contribution in [0.4, 0.5) is 0 Å².